The van der Waals surface area contributed by atoms with E-state index in [1.165, 1.54) is 0 Å². The summed E-state index contributed by atoms with van der Waals surface area (Å²) in [6, 6.07) is 5.78. The van der Waals surface area contributed by atoms with Crippen LogP contribution in [0, 0.1) is 18.3 Å². The van der Waals surface area contributed by atoms with E-state index in [1.807, 2.05) is 31.2 Å². The number of rotatable bonds is 4. The normalized spacial score (nSPS) is 13.4. The van der Waals surface area contributed by atoms with Gasteiger partial charge in [-0.3, -0.25) is 14.7 Å². The van der Waals surface area contributed by atoms with E-state index in [2.05, 4.69) is 16.4 Å². The number of anilines is 1. The van der Waals surface area contributed by atoms with Crippen molar-refractivity contribution in [3.8, 4) is 6.07 Å². The van der Waals surface area contributed by atoms with Crippen molar-refractivity contribution >= 4 is 28.6 Å². The average molecular weight is 322 g/mol. The highest BCUT2D eigenvalue weighted by molar-refractivity contribution is 5.95. The minimum atomic E-state index is -1.10. The number of aryl methyl sites for hydroxylation is 1. The number of carbonyl (C=O) groups excluding carboxylic acids is 1. The molecule has 0 aliphatic heterocycles. The first-order valence-electron chi connectivity index (χ1n) is 7.63. The third-order valence-corrected chi connectivity index (χ3v) is 3.76. The number of imidazole rings is 1. The first-order chi connectivity index (χ1) is 11.3. The van der Waals surface area contributed by atoms with E-state index in [1.54, 1.807) is 24.5 Å². The van der Waals surface area contributed by atoms with Gasteiger partial charge in [0.1, 0.15) is 0 Å². The lowest BCUT2D eigenvalue weighted by Gasteiger charge is -2.17. The molecule has 24 heavy (non-hydrogen) atoms. The molecule has 122 valence electrons. The van der Waals surface area contributed by atoms with Crippen molar-refractivity contribution in [3.05, 3.63) is 41.5 Å². The van der Waals surface area contributed by atoms with Crippen molar-refractivity contribution in [2.75, 3.05) is 5.32 Å². The van der Waals surface area contributed by atoms with Crippen LogP contribution in [0.15, 0.2) is 30.4 Å². The van der Waals surface area contributed by atoms with Gasteiger partial charge < -0.3 is 5.11 Å². The first kappa shape index (κ1) is 16.0. The molecule has 0 bridgehead atoms. The van der Waals surface area contributed by atoms with Crippen molar-refractivity contribution < 1.29 is 9.90 Å². The number of allylic oxidation sites excluding steroid dienone is 4. The number of nitriles is 1. The Morgan fingerprint density at radius 2 is 2.17 bits per heavy atom. The maximum absolute atomic E-state index is 12.2. The molecule has 0 radical (unpaired) electrons. The van der Waals surface area contributed by atoms with Crippen molar-refractivity contribution in [1.82, 2.24) is 9.55 Å². The van der Waals surface area contributed by atoms with Crippen LogP contribution >= 0.6 is 0 Å². The van der Waals surface area contributed by atoms with Crippen molar-refractivity contribution in [2.24, 2.45) is 0 Å². The number of hydrogen-bond donors (Lipinski definition) is 2. The van der Waals surface area contributed by atoms with Crippen LogP contribution in [0.2, 0.25) is 0 Å². The molecule has 3 rings (SSSR count). The lowest BCUT2D eigenvalue weighted by atomic mass is 10.1. The zero-order valence-corrected chi connectivity index (χ0v) is 13.8. The SMILES string of the molecule is Cc1cc2nc(NC(=O)CC(C)(C)O)n(C3=CC=C3)c2cc1C#N. The summed E-state index contributed by atoms with van der Waals surface area (Å²) in [5.74, 6) is 0.0597. The third kappa shape index (κ3) is 2.94. The van der Waals surface area contributed by atoms with E-state index in [9.17, 15) is 15.2 Å². The maximum atomic E-state index is 12.2. The van der Waals surface area contributed by atoms with Gasteiger partial charge in [0, 0.05) is 5.70 Å². The Kier molecular flexibility index (Phi) is 3.74. The standard InChI is InChI=1S/C18H18N4O2/c1-11-7-14-15(8-12(11)10-19)22(13-5-4-6-13)17(20-14)21-16(23)9-18(2,3)24/h4-8,24H,9H2,1-3H3,(H,20,21,23). The van der Waals surface area contributed by atoms with Gasteiger partial charge in [-0.2, -0.15) is 5.26 Å². The van der Waals surface area contributed by atoms with Gasteiger partial charge in [-0.05, 0) is 50.6 Å². The zero-order valence-electron chi connectivity index (χ0n) is 13.8. The molecule has 0 unspecified atom stereocenters. The molecule has 1 aromatic carbocycles. The molecule has 2 aromatic rings. The minimum Gasteiger partial charge on any atom is -0.390 e. The molecule has 1 heterocycles. The maximum Gasteiger partial charge on any atom is 0.229 e. The molecule has 0 atom stereocenters. The van der Waals surface area contributed by atoms with Crippen LogP contribution in [-0.4, -0.2) is 26.2 Å². The number of aliphatic hydroxyl groups is 1. The van der Waals surface area contributed by atoms with E-state index < -0.39 is 5.60 Å². The van der Waals surface area contributed by atoms with Gasteiger partial charge in [0.15, 0.2) is 0 Å². The largest absolute Gasteiger partial charge is 0.390 e. The fourth-order valence-corrected chi connectivity index (χ4v) is 2.59. The highest BCUT2D eigenvalue weighted by Crippen LogP contribution is 2.29. The van der Waals surface area contributed by atoms with E-state index in [0.29, 0.717) is 17.0 Å². The molecular weight excluding hydrogens is 304 g/mol. The lowest BCUT2D eigenvalue weighted by Crippen LogP contribution is -2.28. The van der Waals surface area contributed by atoms with Crippen molar-refractivity contribution in [2.45, 2.75) is 32.8 Å². The second-order valence-electron chi connectivity index (χ2n) is 6.53. The highest BCUT2D eigenvalue weighted by atomic mass is 16.3. The molecule has 2 N–H and O–H groups in total. The first-order valence-corrected chi connectivity index (χ1v) is 7.63. The molecule has 0 saturated carbocycles. The van der Waals surface area contributed by atoms with Crippen molar-refractivity contribution in [1.29, 1.82) is 5.26 Å². The van der Waals surface area contributed by atoms with E-state index >= 15 is 0 Å². The smallest absolute Gasteiger partial charge is 0.229 e. The quantitative estimate of drug-likeness (QED) is 0.905. The number of aromatic nitrogens is 2. The lowest BCUT2D eigenvalue weighted by molar-refractivity contribution is -0.119. The van der Waals surface area contributed by atoms with Gasteiger partial charge in [0.05, 0.1) is 34.7 Å². The topological polar surface area (TPSA) is 90.9 Å². The number of carbonyl (C=O) groups is 1. The van der Waals surface area contributed by atoms with Gasteiger partial charge in [-0.15, -0.1) is 0 Å². The van der Waals surface area contributed by atoms with Crippen LogP contribution in [-0.2, 0) is 4.79 Å². The van der Waals surface area contributed by atoms with Gasteiger partial charge in [-0.25, -0.2) is 4.98 Å². The molecule has 6 heteroatoms. The van der Waals surface area contributed by atoms with Crippen molar-refractivity contribution in [3.63, 3.8) is 0 Å². The minimum absolute atomic E-state index is 0.0342. The number of nitrogens with one attached hydrogen (secondary N) is 1. The molecule has 1 amide bonds. The number of fused-ring (bicyclic) bond motifs is 1. The number of nitrogens with zero attached hydrogens (tertiary/aromatic N) is 3. The Bertz CT molecular complexity index is 937. The zero-order chi connectivity index (χ0) is 17.5. The van der Waals surface area contributed by atoms with Crippen LogP contribution in [0.3, 0.4) is 0 Å². The molecule has 6 nitrogen and oxygen atoms in total. The monoisotopic (exact) mass is 322 g/mol. The Hall–Kier alpha value is -2.91. The van der Waals surface area contributed by atoms with E-state index in [0.717, 1.165) is 16.8 Å². The Balaban J connectivity index is 2.07. The van der Waals surface area contributed by atoms with Gasteiger partial charge in [0.2, 0.25) is 11.9 Å². The number of amides is 1. The molecule has 0 saturated heterocycles. The fourth-order valence-electron chi connectivity index (χ4n) is 2.59. The fraction of sp³-hybridized carbons (Fsp3) is 0.278. The molecule has 0 fully saturated rings. The summed E-state index contributed by atoms with van der Waals surface area (Å²) in [4.78, 5) is 16.6. The summed E-state index contributed by atoms with van der Waals surface area (Å²) in [6.45, 7) is 5.01. The molecular formula is C18H18N4O2. The molecule has 1 aromatic heterocycles. The summed E-state index contributed by atoms with van der Waals surface area (Å²) in [6.07, 6.45) is 5.66. The average Bonchev–Trinajstić information content (AvgIpc) is 2.71. The summed E-state index contributed by atoms with van der Waals surface area (Å²) in [5, 5.41) is 21.8. The van der Waals surface area contributed by atoms with Crippen LogP contribution in [0.5, 0.6) is 0 Å². The van der Waals surface area contributed by atoms with E-state index in [-0.39, 0.29) is 12.3 Å². The molecule has 0 spiro atoms. The summed E-state index contributed by atoms with van der Waals surface area (Å²) < 4.78 is 1.80. The Morgan fingerprint density at radius 3 is 2.71 bits per heavy atom. The molecule has 1 aliphatic carbocycles. The summed E-state index contributed by atoms with van der Waals surface area (Å²) in [5.41, 5.74) is 2.65. The molecule has 1 aliphatic rings. The summed E-state index contributed by atoms with van der Waals surface area (Å²) in [7, 11) is 0. The number of benzene rings is 1. The third-order valence-electron chi connectivity index (χ3n) is 3.76. The predicted octanol–water partition coefficient (Wildman–Crippen LogP) is 2.73. The predicted molar refractivity (Wildman–Crippen MR) is 92.1 cm³/mol. The van der Waals surface area contributed by atoms with Gasteiger partial charge in [-0.1, -0.05) is 6.08 Å². The second-order valence-corrected chi connectivity index (χ2v) is 6.53. The Labute approximate surface area is 139 Å². The number of hydrogen-bond acceptors (Lipinski definition) is 4. The highest BCUT2D eigenvalue weighted by Gasteiger charge is 2.22. The van der Waals surface area contributed by atoms with Crippen LogP contribution < -0.4 is 5.32 Å². The Morgan fingerprint density at radius 1 is 1.46 bits per heavy atom. The van der Waals surface area contributed by atoms with Crippen LogP contribution in [0.1, 0.15) is 31.4 Å². The van der Waals surface area contributed by atoms with E-state index in [4.69, 9.17) is 0 Å². The van der Waals surface area contributed by atoms with Crippen LogP contribution in [0.4, 0.5) is 5.95 Å². The second kappa shape index (κ2) is 5.62. The summed E-state index contributed by atoms with van der Waals surface area (Å²) >= 11 is 0. The van der Waals surface area contributed by atoms with Gasteiger partial charge in [0.25, 0.3) is 0 Å². The van der Waals surface area contributed by atoms with Gasteiger partial charge >= 0.3 is 0 Å². The van der Waals surface area contributed by atoms with Crippen LogP contribution in [0.25, 0.3) is 16.7 Å².